The molecular weight excluding hydrogens is 280 g/mol. The fourth-order valence-corrected chi connectivity index (χ4v) is 2.25. The highest BCUT2D eigenvalue weighted by atomic mass is 35.5. The third-order valence-corrected chi connectivity index (χ3v) is 3.12. The van der Waals surface area contributed by atoms with Crippen molar-refractivity contribution in [3.8, 4) is 22.8 Å². The number of hydrogen-bond donors (Lipinski definition) is 1. The fourth-order valence-electron chi connectivity index (χ4n) is 2.08. The van der Waals surface area contributed by atoms with Gasteiger partial charge >= 0.3 is 0 Å². The van der Waals surface area contributed by atoms with Gasteiger partial charge in [-0.05, 0) is 23.7 Å². The van der Waals surface area contributed by atoms with Gasteiger partial charge in [-0.3, -0.25) is 5.10 Å². The number of methoxy groups -OCH3 is 2. The molecule has 1 N–H and O–H groups in total. The molecule has 0 spiro atoms. The van der Waals surface area contributed by atoms with E-state index in [1.54, 1.807) is 20.4 Å². The van der Waals surface area contributed by atoms with E-state index in [-0.39, 0.29) is 5.28 Å². The first-order valence-electron chi connectivity index (χ1n) is 5.82. The van der Waals surface area contributed by atoms with Gasteiger partial charge < -0.3 is 9.47 Å². The minimum absolute atomic E-state index is 0.129. The number of halogens is 1. The van der Waals surface area contributed by atoms with Gasteiger partial charge in [0.1, 0.15) is 11.5 Å². The van der Waals surface area contributed by atoms with E-state index in [9.17, 15) is 0 Å². The molecule has 0 saturated heterocycles. The van der Waals surface area contributed by atoms with Gasteiger partial charge in [0.15, 0.2) is 5.65 Å². The molecule has 0 atom stereocenters. The van der Waals surface area contributed by atoms with Crippen molar-refractivity contribution in [1.29, 1.82) is 0 Å². The lowest BCUT2D eigenvalue weighted by Gasteiger charge is -2.13. The summed E-state index contributed by atoms with van der Waals surface area (Å²) in [6, 6.07) is 5.51. The van der Waals surface area contributed by atoms with Gasteiger partial charge in [0.2, 0.25) is 5.28 Å². The minimum atomic E-state index is 0.129. The number of ether oxygens (including phenoxy) is 2. The summed E-state index contributed by atoms with van der Waals surface area (Å²) in [6.45, 7) is 0. The maximum atomic E-state index is 5.97. The first-order chi connectivity index (χ1) is 9.74. The molecule has 3 aromatic rings. The van der Waals surface area contributed by atoms with Crippen molar-refractivity contribution in [2.45, 2.75) is 0 Å². The Balaban J connectivity index is 2.38. The average Bonchev–Trinajstić information content (AvgIpc) is 2.93. The molecule has 3 rings (SSSR count). The van der Waals surface area contributed by atoms with Crippen LogP contribution in [-0.2, 0) is 0 Å². The lowest BCUT2D eigenvalue weighted by atomic mass is 10.1. The summed E-state index contributed by atoms with van der Waals surface area (Å²) in [6.07, 6.45) is 1.65. The van der Waals surface area contributed by atoms with Crippen molar-refractivity contribution in [3.63, 3.8) is 0 Å². The second-order valence-electron chi connectivity index (χ2n) is 4.01. The predicted molar refractivity (Wildman–Crippen MR) is 75.2 cm³/mol. The fraction of sp³-hybridized carbons (Fsp3) is 0.154. The minimum Gasteiger partial charge on any atom is -0.496 e. The summed E-state index contributed by atoms with van der Waals surface area (Å²) in [4.78, 5) is 8.38. The van der Waals surface area contributed by atoms with Crippen molar-refractivity contribution in [3.05, 3.63) is 29.7 Å². The molecule has 0 radical (unpaired) electrons. The topological polar surface area (TPSA) is 72.9 Å². The van der Waals surface area contributed by atoms with Crippen molar-refractivity contribution >= 4 is 22.6 Å². The maximum Gasteiger partial charge on any atom is 0.224 e. The molecule has 102 valence electrons. The van der Waals surface area contributed by atoms with E-state index in [2.05, 4.69) is 20.2 Å². The molecule has 0 unspecified atom stereocenters. The zero-order valence-corrected chi connectivity index (χ0v) is 11.6. The summed E-state index contributed by atoms with van der Waals surface area (Å²) >= 11 is 5.97. The Bertz CT molecular complexity index is 750. The molecular formula is C13H11ClN4O2. The maximum absolute atomic E-state index is 5.97. The molecule has 0 fully saturated rings. The molecule has 7 heteroatoms. The van der Waals surface area contributed by atoms with Crippen molar-refractivity contribution < 1.29 is 9.47 Å². The number of nitrogens with zero attached hydrogens (tertiary/aromatic N) is 3. The third-order valence-electron chi connectivity index (χ3n) is 2.95. The van der Waals surface area contributed by atoms with Gasteiger partial charge in [0.25, 0.3) is 0 Å². The lowest BCUT2D eigenvalue weighted by molar-refractivity contribution is 0.397. The third kappa shape index (κ3) is 1.94. The molecule has 2 heterocycles. The summed E-state index contributed by atoms with van der Waals surface area (Å²) in [5.41, 5.74) is 1.89. The molecule has 0 aliphatic heterocycles. The highest BCUT2D eigenvalue weighted by Gasteiger charge is 2.18. The molecule has 20 heavy (non-hydrogen) atoms. The summed E-state index contributed by atoms with van der Waals surface area (Å²) < 4.78 is 10.8. The van der Waals surface area contributed by atoms with E-state index in [0.717, 1.165) is 5.39 Å². The quantitative estimate of drug-likeness (QED) is 0.751. The lowest BCUT2D eigenvalue weighted by Crippen LogP contribution is -1.96. The van der Waals surface area contributed by atoms with Crippen molar-refractivity contribution in [1.82, 2.24) is 20.2 Å². The molecule has 1 aromatic carbocycles. The number of aromatic nitrogens is 4. The standard InChI is InChI=1S/C13H11ClN4O2/c1-19-8-4-3-5-9(20-2)10(8)11-7-6-15-18-12(7)17-13(14)16-11/h3-6H,1-2H3,(H,15,16,17,18). The zero-order chi connectivity index (χ0) is 14.1. The van der Waals surface area contributed by atoms with Crippen LogP contribution in [0.3, 0.4) is 0 Å². The van der Waals surface area contributed by atoms with E-state index >= 15 is 0 Å². The van der Waals surface area contributed by atoms with E-state index < -0.39 is 0 Å². The molecule has 0 bridgehead atoms. The number of fused-ring (bicyclic) bond motifs is 1. The van der Waals surface area contributed by atoms with E-state index in [4.69, 9.17) is 21.1 Å². The van der Waals surface area contributed by atoms with E-state index in [1.165, 1.54) is 0 Å². The second-order valence-corrected chi connectivity index (χ2v) is 4.35. The summed E-state index contributed by atoms with van der Waals surface area (Å²) in [7, 11) is 3.18. The van der Waals surface area contributed by atoms with Crippen LogP contribution in [0.25, 0.3) is 22.3 Å². The zero-order valence-electron chi connectivity index (χ0n) is 10.8. The van der Waals surface area contributed by atoms with E-state index in [0.29, 0.717) is 28.4 Å². The Hall–Kier alpha value is -2.34. The van der Waals surface area contributed by atoms with Gasteiger partial charge in [-0.2, -0.15) is 10.1 Å². The van der Waals surface area contributed by atoms with Crippen LogP contribution in [-0.4, -0.2) is 34.4 Å². The van der Waals surface area contributed by atoms with E-state index in [1.807, 2.05) is 18.2 Å². The number of rotatable bonds is 3. The van der Waals surface area contributed by atoms with Gasteiger partial charge in [0.05, 0.1) is 37.1 Å². The highest BCUT2D eigenvalue weighted by Crippen LogP contribution is 2.40. The number of benzene rings is 1. The number of H-pyrrole nitrogens is 1. The smallest absolute Gasteiger partial charge is 0.224 e. The molecule has 0 aliphatic rings. The molecule has 0 saturated carbocycles. The van der Waals surface area contributed by atoms with Crippen LogP contribution in [0.1, 0.15) is 0 Å². The SMILES string of the molecule is COc1cccc(OC)c1-c1nc(Cl)nc2[nH]ncc12. The molecule has 0 amide bonds. The van der Waals surface area contributed by atoms with Gasteiger partial charge in [-0.1, -0.05) is 6.07 Å². The van der Waals surface area contributed by atoms with Gasteiger partial charge in [-0.15, -0.1) is 0 Å². The van der Waals surface area contributed by atoms with Crippen molar-refractivity contribution in [2.24, 2.45) is 0 Å². The largest absolute Gasteiger partial charge is 0.496 e. The Morgan fingerprint density at radius 3 is 2.45 bits per heavy atom. The van der Waals surface area contributed by atoms with Crippen LogP contribution in [0.15, 0.2) is 24.4 Å². The highest BCUT2D eigenvalue weighted by molar-refractivity contribution is 6.28. The second kappa shape index (κ2) is 4.97. The van der Waals surface area contributed by atoms with Crippen LogP contribution in [0, 0.1) is 0 Å². The van der Waals surface area contributed by atoms with Crippen LogP contribution in [0.5, 0.6) is 11.5 Å². The molecule has 2 aromatic heterocycles. The molecule has 0 aliphatic carbocycles. The summed E-state index contributed by atoms with van der Waals surface area (Å²) in [5, 5.41) is 7.63. The number of aromatic amines is 1. The molecule has 6 nitrogen and oxygen atoms in total. The Kier molecular flexibility index (Phi) is 3.15. The predicted octanol–water partition coefficient (Wildman–Crippen LogP) is 2.69. The normalized spacial score (nSPS) is 10.8. The first-order valence-corrected chi connectivity index (χ1v) is 6.20. The van der Waals surface area contributed by atoms with Gasteiger partial charge in [-0.25, -0.2) is 4.98 Å². The monoisotopic (exact) mass is 290 g/mol. The number of nitrogens with one attached hydrogen (secondary N) is 1. The van der Waals surface area contributed by atoms with Crippen LogP contribution >= 0.6 is 11.6 Å². The Morgan fingerprint density at radius 1 is 1.10 bits per heavy atom. The Morgan fingerprint density at radius 2 is 1.80 bits per heavy atom. The van der Waals surface area contributed by atoms with Crippen LogP contribution < -0.4 is 9.47 Å². The Labute approximate surface area is 119 Å². The van der Waals surface area contributed by atoms with Gasteiger partial charge in [0, 0.05) is 0 Å². The average molecular weight is 291 g/mol. The van der Waals surface area contributed by atoms with Crippen molar-refractivity contribution in [2.75, 3.05) is 14.2 Å². The number of hydrogen-bond acceptors (Lipinski definition) is 5. The first kappa shape index (κ1) is 12.7. The van der Waals surface area contributed by atoms with Crippen LogP contribution in [0.4, 0.5) is 0 Å². The van der Waals surface area contributed by atoms with Crippen LogP contribution in [0.2, 0.25) is 5.28 Å². The summed E-state index contributed by atoms with van der Waals surface area (Å²) in [5.74, 6) is 1.28.